The molecule has 1 aromatic carbocycles. The average Bonchev–Trinajstić information content (AvgIpc) is 2.70. The number of aromatic nitrogens is 3. The van der Waals surface area contributed by atoms with Crippen molar-refractivity contribution < 1.29 is 9.60 Å². The van der Waals surface area contributed by atoms with Crippen molar-refractivity contribution >= 4 is 5.71 Å². The molecule has 8 nitrogen and oxygen atoms in total. The fourth-order valence-electron chi connectivity index (χ4n) is 3.48. The van der Waals surface area contributed by atoms with Gasteiger partial charge in [-0.25, -0.2) is 9.78 Å². The number of hydrogen-bond donors (Lipinski definition) is 2. The van der Waals surface area contributed by atoms with Gasteiger partial charge in [0.05, 0.1) is 23.9 Å². The van der Waals surface area contributed by atoms with Crippen LogP contribution in [0, 0.1) is 24.2 Å². The molecule has 158 valence electrons. The van der Waals surface area contributed by atoms with Crippen LogP contribution in [0.15, 0.2) is 51.3 Å². The van der Waals surface area contributed by atoms with Crippen LogP contribution in [0.4, 0.5) is 4.39 Å². The lowest BCUT2D eigenvalue weighted by Gasteiger charge is -2.19. The third-order valence-corrected chi connectivity index (χ3v) is 4.75. The van der Waals surface area contributed by atoms with E-state index >= 15 is 0 Å². The van der Waals surface area contributed by atoms with E-state index in [1.54, 1.807) is 32.9 Å². The summed E-state index contributed by atoms with van der Waals surface area (Å²) in [5, 5.41) is 22.6. The van der Waals surface area contributed by atoms with Gasteiger partial charge in [0.2, 0.25) is 5.95 Å². The zero-order chi connectivity index (χ0) is 22.7. The fourth-order valence-corrected chi connectivity index (χ4v) is 3.48. The van der Waals surface area contributed by atoms with E-state index in [9.17, 15) is 24.4 Å². The molecule has 0 aliphatic rings. The Bertz CT molecular complexity index is 1330. The number of benzene rings is 1. The minimum absolute atomic E-state index is 0.0402. The summed E-state index contributed by atoms with van der Waals surface area (Å²) in [6, 6.07) is 9.60. The second-order valence-electron chi connectivity index (χ2n) is 7.40. The smallest absolute Gasteiger partial charge is 0.329 e. The third-order valence-electron chi connectivity index (χ3n) is 4.75. The topological polar surface area (TPSA) is 124 Å². The molecular weight excluding hydrogens is 401 g/mol. The Morgan fingerprint density at radius 1 is 1.32 bits per heavy atom. The zero-order valence-corrected chi connectivity index (χ0v) is 17.2. The van der Waals surface area contributed by atoms with Crippen molar-refractivity contribution in [2.24, 2.45) is 5.16 Å². The first-order valence-electron chi connectivity index (χ1n) is 9.47. The van der Waals surface area contributed by atoms with Crippen molar-refractivity contribution in [3.8, 4) is 6.07 Å². The van der Waals surface area contributed by atoms with E-state index in [2.05, 4.69) is 15.1 Å². The van der Waals surface area contributed by atoms with Crippen LogP contribution in [0.5, 0.6) is 0 Å². The summed E-state index contributed by atoms with van der Waals surface area (Å²) in [5.74, 6) is -1.05. The highest BCUT2D eigenvalue weighted by atomic mass is 19.1. The van der Waals surface area contributed by atoms with Gasteiger partial charge in [-0.15, -0.1) is 0 Å². The van der Waals surface area contributed by atoms with E-state index in [0.717, 1.165) is 5.56 Å². The Hall–Kier alpha value is -4.06. The predicted molar refractivity (Wildman–Crippen MR) is 112 cm³/mol. The van der Waals surface area contributed by atoms with Crippen LogP contribution in [0.3, 0.4) is 0 Å². The minimum atomic E-state index is -0.740. The molecule has 0 saturated heterocycles. The summed E-state index contributed by atoms with van der Waals surface area (Å²) in [4.78, 5) is 31.2. The number of nitriles is 1. The van der Waals surface area contributed by atoms with E-state index in [0.29, 0.717) is 16.7 Å². The Labute approximate surface area is 176 Å². The number of pyridine rings is 1. The quantitative estimate of drug-likeness (QED) is 0.284. The monoisotopic (exact) mass is 421 g/mol. The number of halogens is 1. The van der Waals surface area contributed by atoms with Gasteiger partial charge >= 0.3 is 5.69 Å². The van der Waals surface area contributed by atoms with Crippen LogP contribution in [0.1, 0.15) is 53.3 Å². The lowest BCUT2D eigenvalue weighted by molar-refractivity contribution is 0.319. The number of nitrogens with one attached hydrogen (secondary N) is 1. The maximum atomic E-state index is 13.6. The van der Waals surface area contributed by atoms with Crippen LogP contribution in [-0.2, 0) is 6.54 Å². The van der Waals surface area contributed by atoms with Crippen LogP contribution in [0.2, 0.25) is 0 Å². The van der Waals surface area contributed by atoms with Gasteiger partial charge in [-0.1, -0.05) is 19.0 Å². The number of aryl methyl sites for hydroxylation is 1. The molecule has 0 aliphatic heterocycles. The summed E-state index contributed by atoms with van der Waals surface area (Å²) < 4.78 is 14.8. The first-order chi connectivity index (χ1) is 14.7. The SMILES string of the molecule is Cc1cc(C#N)cc(/C(=N/O)c2c(C(C)C)c(=O)[nH]c(=O)n2Cc2ccnc(F)c2)c1. The van der Waals surface area contributed by atoms with Crippen LogP contribution in [-0.4, -0.2) is 25.5 Å². The van der Waals surface area contributed by atoms with Crippen LogP contribution in [0.25, 0.3) is 0 Å². The van der Waals surface area contributed by atoms with Gasteiger partial charge in [0.15, 0.2) is 0 Å². The second kappa shape index (κ2) is 8.75. The van der Waals surface area contributed by atoms with Gasteiger partial charge in [-0.3, -0.25) is 14.3 Å². The highest BCUT2D eigenvalue weighted by Gasteiger charge is 2.24. The van der Waals surface area contributed by atoms with Gasteiger partial charge in [0.25, 0.3) is 5.56 Å². The Morgan fingerprint density at radius 3 is 2.68 bits per heavy atom. The summed E-state index contributed by atoms with van der Waals surface area (Å²) in [5.41, 5.74) is 0.782. The van der Waals surface area contributed by atoms with Crippen molar-refractivity contribution in [3.63, 3.8) is 0 Å². The second-order valence-corrected chi connectivity index (χ2v) is 7.40. The summed E-state index contributed by atoms with van der Waals surface area (Å²) >= 11 is 0. The minimum Gasteiger partial charge on any atom is -0.410 e. The highest BCUT2D eigenvalue weighted by Crippen LogP contribution is 2.21. The van der Waals surface area contributed by atoms with Gasteiger partial charge in [0, 0.05) is 17.3 Å². The Kier molecular flexibility index (Phi) is 6.11. The van der Waals surface area contributed by atoms with Crippen molar-refractivity contribution in [3.05, 3.63) is 96.8 Å². The molecule has 0 fully saturated rings. The third kappa shape index (κ3) is 4.43. The van der Waals surface area contributed by atoms with Crippen molar-refractivity contribution in [1.29, 1.82) is 5.26 Å². The molecule has 2 heterocycles. The molecule has 0 radical (unpaired) electrons. The number of hydrogen-bond acceptors (Lipinski definition) is 6. The van der Waals surface area contributed by atoms with Crippen molar-refractivity contribution in [2.75, 3.05) is 0 Å². The van der Waals surface area contributed by atoms with Crippen molar-refractivity contribution in [1.82, 2.24) is 14.5 Å². The molecule has 0 unspecified atom stereocenters. The largest absolute Gasteiger partial charge is 0.410 e. The molecule has 3 aromatic rings. The molecule has 9 heteroatoms. The van der Waals surface area contributed by atoms with Gasteiger partial charge in [-0.2, -0.15) is 9.65 Å². The maximum Gasteiger partial charge on any atom is 0.329 e. The molecule has 0 aliphatic carbocycles. The normalized spacial score (nSPS) is 11.5. The standard InChI is InChI=1S/C22H20FN5O3/c1-12(2)18-20(19(27-31)16-7-13(3)6-15(8-16)10-24)28(22(30)26-21(18)29)11-14-4-5-25-17(23)9-14/h4-9,12,31H,11H2,1-3H3,(H,26,29,30)/b27-19-. The van der Waals surface area contributed by atoms with E-state index in [4.69, 9.17) is 0 Å². The number of rotatable bonds is 5. The van der Waals surface area contributed by atoms with Gasteiger partial charge in [-0.05, 0) is 54.3 Å². The molecule has 0 bridgehead atoms. The predicted octanol–water partition coefficient (Wildman–Crippen LogP) is 2.65. The van der Waals surface area contributed by atoms with Gasteiger partial charge < -0.3 is 5.21 Å². The average molecular weight is 421 g/mol. The van der Waals surface area contributed by atoms with E-state index in [1.165, 1.54) is 29.0 Å². The molecular formula is C22H20FN5O3. The maximum absolute atomic E-state index is 13.6. The molecule has 31 heavy (non-hydrogen) atoms. The number of nitrogens with zero attached hydrogens (tertiary/aromatic N) is 4. The molecule has 0 saturated carbocycles. The molecule has 3 rings (SSSR count). The van der Waals surface area contributed by atoms with Gasteiger partial charge in [0.1, 0.15) is 5.71 Å². The van der Waals surface area contributed by atoms with Crippen LogP contribution < -0.4 is 11.2 Å². The number of aromatic amines is 1. The highest BCUT2D eigenvalue weighted by molar-refractivity contribution is 6.12. The molecule has 2 N–H and O–H groups in total. The zero-order valence-electron chi connectivity index (χ0n) is 17.2. The number of H-pyrrole nitrogens is 1. The summed E-state index contributed by atoms with van der Waals surface area (Å²) in [6.07, 6.45) is 1.27. The Morgan fingerprint density at radius 2 is 2.06 bits per heavy atom. The Balaban J connectivity index is 2.35. The molecule has 0 atom stereocenters. The molecule has 2 aromatic heterocycles. The molecule has 0 amide bonds. The van der Waals surface area contributed by atoms with E-state index < -0.39 is 17.2 Å². The van der Waals surface area contributed by atoms with Crippen LogP contribution >= 0.6 is 0 Å². The lowest BCUT2D eigenvalue weighted by Crippen LogP contribution is -2.38. The van der Waals surface area contributed by atoms with E-state index in [1.807, 2.05) is 6.07 Å². The summed E-state index contributed by atoms with van der Waals surface area (Å²) in [6.45, 7) is 5.20. The first kappa shape index (κ1) is 21.6. The summed E-state index contributed by atoms with van der Waals surface area (Å²) in [7, 11) is 0. The van der Waals surface area contributed by atoms with E-state index in [-0.39, 0.29) is 29.4 Å². The fraction of sp³-hybridized carbons (Fsp3) is 0.227. The first-order valence-corrected chi connectivity index (χ1v) is 9.47. The number of oxime groups is 1. The molecule has 0 spiro atoms. The van der Waals surface area contributed by atoms with Crippen molar-refractivity contribution in [2.45, 2.75) is 33.2 Å². The lowest BCUT2D eigenvalue weighted by atomic mass is 9.94.